The monoisotopic (exact) mass is 326 g/mol. The molecule has 2 amide bonds. The molecule has 5 heteroatoms. The SMILES string of the molecule is CCCC(=O)Nc1cccc(NC(=O)c2ccccc2COC)c1. The molecule has 2 aromatic carbocycles. The van der Waals surface area contributed by atoms with Gasteiger partial charge in [0.15, 0.2) is 0 Å². The maximum Gasteiger partial charge on any atom is 0.256 e. The molecule has 0 aliphatic rings. The first kappa shape index (κ1) is 17.7. The quantitative estimate of drug-likeness (QED) is 0.812. The van der Waals surface area contributed by atoms with Gasteiger partial charge in [-0.25, -0.2) is 0 Å². The summed E-state index contributed by atoms with van der Waals surface area (Å²) >= 11 is 0. The molecule has 24 heavy (non-hydrogen) atoms. The molecule has 2 N–H and O–H groups in total. The highest BCUT2D eigenvalue weighted by Crippen LogP contribution is 2.18. The van der Waals surface area contributed by atoms with Gasteiger partial charge in [-0.15, -0.1) is 0 Å². The fourth-order valence-electron chi connectivity index (χ4n) is 2.35. The molecule has 0 saturated heterocycles. The molecule has 0 atom stereocenters. The van der Waals surface area contributed by atoms with Crippen molar-refractivity contribution in [2.45, 2.75) is 26.4 Å². The van der Waals surface area contributed by atoms with Crippen molar-refractivity contribution in [1.82, 2.24) is 0 Å². The topological polar surface area (TPSA) is 67.4 Å². The lowest BCUT2D eigenvalue weighted by atomic mass is 10.1. The van der Waals surface area contributed by atoms with Gasteiger partial charge in [0.05, 0.1) is 6.61 Å². The van der Waals surface area contributed by atoms with Crippen LogP contribution in [0.5, 0.6) is 0 Å². The van der Waals surface area contributed by atoms with Crippen LogP contribution in [0, 0.1) is 0 Å². The average Bonchev–Trinajstić information content (AvgIpc) is 2.56. The van der Waals surface area contributed by atoms with Crippen molar-refractivity contribution >= 4 is 23.2 Å². The van der Waals surface area contributed by atoms with Crippen LogP contribution < -0.4 is 10.6 Å². The molecule has 0 radical (unpaired) electrons. The van der Waals surface area contributed by atoms with Gasteiger partial charge in [0, 0.05) is 30.5 Å². The molecule has 0 saturated carbocycles. The molecule has 0 unspecified atom stereocenters. The van der Waals surface area contributed by atoms with Crippen molar-refractivity contribution in [3.63, 3.8) is 0 Å². The van der Waals surface area contributed by atoms with Crippen LogP contribution >= 0.6 is 0 Å². The second-order valence-electron chi connectivity index (χ2n) is 5.42. The first-order chi connectivity index (χ1) is 11.6. The normalized spacial score (nSPS) is 10.2. The summed E-state index contributed by atoms with van der Waals surface area (Å²) < 4.78 is 5.13. The smallest absolute Gasteiger partial charge is 0.256 e. The number of methoxy groups -OCH3 is 1. The van der Waals surface area contributed by atoms with Crippen molar-refractivity contribution in [1.29, 1.82) is 0 Å². The Bertz CT molecular complexity index is 713. The predicted molar refractivity (Wildman–Crippen MR) is 95.1 cm³/mol. The fraction of sp³-hybridized carbons (Fsp3) is 0.263. The van der Waals surface area contributed by atoms with Crippen molar-refractivity contribution in [2.24, 2.45) is 0 Å². The van der Waals surface area contributed by atoms with Gasteiger partial charge in [-0.1, -0.05) is 31.2 Å². The van der Waals surface area contributed by atoms with E-state index < -0.39 is 0 Å². The summed E-state index contributed by atoms with van der Waals surface area (Å²) in [4.78, 5) is 24.2. The maximum absolute atomic E-state index is 12.5. The Kier molecular flexibility index (Phi) is 6.51. The minimum absolute atomic E-state index is 0.0357. The molecule has 2 aromatic rings. The van der Waals surface area contributed by atoms with E-state index in [0.29, 0.717) is 30.0 Å². The van der Waals surface area contributed by atoms with Crippen molar-refractivity contribution in [2.75, 3.05) is 17.7 Å². The maximum atomic E-state index is 12.5. The van der Waals surface area contributed by atoms with E-state index >= 15 is 0 Å². The predicted octanol–water partition coefficient (Wildman–Crippen LogP) is 3.82. The number of benzene rings is 2. The van der Waals surface area contributed by atoms with E-state index in [1.807, 2.05) is 25.1 Å². The molecule has 0 fully saturated rings. The fourth-order valence-corrected chi connectivity index (χ4v) is 2.35. The van der Waals surface area contributed by atoms with Gasteiger partial charge >= 0.3 is 0 Å². The minimum atomic E-state index is -0.209. The lowest BCUT2D eigenvalue weighted by molar-refractivity contribution is -0.116. The highest BCUT2D eigenvalue weighted by Gasteiger charge is 2.11. The largest absolute Gasteiger partial charge is 0.380 e. The molecule has 0 spiro atoms. The van der Waals surface area contributed by atoms with Crippen molar-refractivity contribution in [3.8, 4) is 0 Å². The van der Waals surface area contributed by atoms with Crippen LogP contribution in [0.2, 0.25) is 0 Å². The van der Waals surface area contributed by atoms with Crippen LogP contribution in [-0.2, 0) is 16.1 Å². The molecule has 0 aromatic heterocycles. The summed E-state index contributed by atoms with van der Waals surface area (Å²) in [5, 5.41) is 5.67. The molecule has 5 nitrogen and oxygen atoms in total. The third kappa shape index (κ3) is 4.93. The second kappa shape index (κ2) is 8.84. The number of carbonyl (C=O) groups excluding carboxylic acids is 2. The lowest BCUT2D eigenvalue weighted by Crippen LogP contribution is -2.15. The van der Waals surface area contributed by atoms with Gasteiger partial charge in [0.25, 0.3) is 5.91 Å². The van der Waals surface area contributed by atoms with Gasteiger partial charge in [0.1, 0.15) is 0 Å². The first-order valence-corrected chi connectivity index (χ1v) is 7.92. The Hall–Kier alpha value is -2.66. The van der Waals surface area contributed by atoms with Crippen molar-refractivity contribution < 1.29 is 14.3 Å². The van der Waals surface area contributed by atoms with Gasteiger partial charge in [-0.3, -0.25) is 9.59 Å². The number of nitrogens with one attached hydrogen (secondary N) is 2. The molecular weight excluding hydrogens is 304 g/mol. The number of anilines is 2. The summed E-state index contributed by atoms with van der Waals surface area (Å²) in [5.74, 6) is -0.244. The Labute approximate surface area is 142 Å². The molecule has 0 aliphatic heterocycles. The van der Waals surface area contributed by atoms with Gasteiger partial charge in [0.2, 0.25) is 5.91 Å². The van der Waals surface area contributed by atoms with E-state index in [0.717, 1.165) is 12.0 Å². The zero-order valence-corrected chi connectivity index (χ0v) is 14.0. The Morgan fingerprint density at radius 2 is 1.71 bits per heavy atom. The van der Waals surface area contributed by atoms with E-state index in [2.05, 4.69) is 10.6 Å². The van der Waals surface area contributed by atoms with E-state index in [1.54, 1.807) is 37.4 Å². The molecule has 0 aliphatic carbocycles. The van der Waals surface area contributed by atoms with E-state index in [9.17, 15) is 9.59 Å². The van der Waals surface area contributed by atoms with Crippen LogP contribution in [0.25, 0.3) is 0 Å². The number of ether oxygens (including phenoxy) is 1. The third-order valence-electron chi connectivity index (χ3n) is 3.44. The van der Waals surface area contributed by atoms with Crippen LogP contribution in [-0.4, -0.2) is 18.9 Å². The Balaban J connectivity index is 2.11. The Morgan fingerprint density at radius 1 is 1.00 bits per heavy atom. The van der Waals surface area contributed by atoms with Crippen LogP contribution in [0.15, 0.2) is 48.5 Å². The average molecular weight is 326 g/mol. The minimum Gasteiger partial charge on any atom is -0.380 e. The number of rotatable bonds is 7. The summed E-state index contributed by atoms with van der Waals surface area (Å²) in [7, 11) is 1.59. The molecule has 0 heterocycles. The second-order valence-corrected chi connectivity index (χ2v) is 5.42. The lowest BCUT2D eigenvalue weighted by Gasteiger charge is -2.11. The summed E-state index contributed by atoms with van der Waals surface area (Å²) in [5.41, 5.74) is 2.68. The standard InChI is InChI=1S/C19H22N2O3/c1-3-7-18(22)20-15-9-6-10-16(12-15)21-19(23)17-11-5-4-8-14(17)13-24-2/h4-6,8-12H,3,7,13H2,1-2H3,(H,20,22)(H,21,23). The third-order valence-corrected chi connectivity index (χ3v) is 3.44. The molecule has 126 valence electrons. The number of hydrogen-bond donors (Lipinski definition) is 2. The highest BCUT2D eigenvalue weighted by atomic mass is 16.5. The molecular formula is C19H22N2O3. The van der Waals surface area contributed by atoms with Crippen LogP contribution in [0.1, 0.15) is 35.7 Å². The van der Waals surface area contributed by atoms with Crippen LogP contribution in [0.3, 0.4) is 0 Å². The summed E-state index contributed by atoms with van der Waals surface area (Å²) in [6.45, 7) is 2.32. The Morgan fingerprint density at radius 3 is 2.42 bits per heavy atom. The van der Waals surface area contributed by atoms with E-state index in [-0.39, 0.29) is 11.8 Å². The van der Waals surface area contributed by atoms with Crippen molar-refractivity contribution in [3.05, 3.63) is 59.7 Å². The zero-order chi connectivity index (χ0) is 17.4. The first-order valence-electron chi connectivity index (χ1n) is 7.92. The van der Waals surface area contributed by atoms with Gasteiger partial charge in [-0.2, -0.15) is 0 Å². The highest BCUT2D eigenvalue weighted by molar-refractivity contribution is 6.05. The zero-order valence-electron chi connectivity index (χ0n) is 14.0. The summed E-state index contributed by atoms with van der Waals surface area (Å²) in [6, 6.07) is 14.4. The molecule has 2 rings (SSSR count). The van der Waals surface area contributed by atoms with E-state index in [4.69, 9.17) is 4.74 Å². The number of hydrogen-bond acceptors (Lipinski definition) is 3. The van der Waals surface area contributed by atoms with Gasteiger partial charge in [-0.05, 0) is 36.2 Å². The van der Waals surface area contributed by atoms with E-state index in [1.165, 1.54) is 0 Å². The molecule has 0 bridgehead atoms. The summed E-state index contributed by atoms with van der Waals surface area (Å²) in [6.07, 6.45) is 1.26. The van der Waals surface area contributed by atoms with Crippen LogP contribution in [0.4, 0.5) is 11.4 Å². The number of amides is 2. The number of carbonyl (C=O) groups is 2. The van der Waals surface area contributed by atoms with Gasteiger partial charge < -0.3 is 15.4 Å².